The van der Waals surface area contributed by atoms with E-state index < -0.39 is 23.4 Å². The molecule has 7 nitrogen and oxygen atoms in total. The lowest BCUT2D eigenvalue weighted by molar-refractivity contribution is -0.0439. The normalized spacial score (nSPS) is 18.8. The standard InChI is InChI=1S/C28H23F2N3O4.C2H6/c1-31-25(35)22-20-10-18(26(36-2)32-27(20)37-23(22)15-3-6-17(29)7-4-15)16-5-8-21(30)19(9-16)24(34)33-28-11-14(12-28)13-28;1-2/h3-10,14H,11-13H2,1-2H3,(H,31,35)(H,33,34);1-2H3. The lowest BCUT2D eigenvalue weighted by atomic mass is 9.50. The summed E-state index contributed by atoms with van der Waals surface area (Å²) in [4.78, 5) is 30.3. The van der Waals surface area contributed by atoms with Crippen molar-refractivity contribution in [2.75, 3.05) is 14.2 Å². The van der Waals surface area contributed by atoms with Crippen molar-refractivity contribution in [2.24, 2.45) is 5.92 Å². The van der Waals surface area contributed by atoms with Gasteiger partial charge in [0.1, 0.15) is 17.4 Å². The Balaban J connectivity index is 0.00000151. The summed E-state index contributed by atoms with van der Waals surface area (Å²) in [6.07, 6.45) is 2.81. The second-order valence-corrected chi connectivity index (χ2v) is 9.70. The maximum absolute atomic E-state index is 14.7. The highest BCUT2D eigenvalue weighted by Gasteiger charge is 2.57. The molecule has 3 saturated carbocycles. The SMILES string of the molecule is CC.CNC(=O)c1c(-c2ccc(F)cc2)oc2nc(OC)c(-c3ccc(F)c(C(=O)NC45CC(C4)C5)c3)cc12. The van der Waals surface area contributed by atoms with Gasteiger partial charge in [-0.2, -0.15) is 4.98 Å². The molecule has 2 amide bonds. The second-order valence-electron chi connectivity index (χ2n) is 9.70. The number of fused-ring (bicyclic) bond motifs is 1. The molecule has 0 saturated heterocycles. The van der Waals surface area contributed by atoms with E-state index in [0.29, 0.717) is 28.0 Å². The number of ether oxygens (including phenoxy) is 1. The second kappa shape index (κ2) is 10.1. The number of aromatic nitrogens is 1. The number of halogens is 2. The largest absolute Gasteiger partial charge is 0.480 e. The summed E-state index contributed by atoms with van der Waals surface area (Å²) in [5.41, 5.74) is 1.52. The van der Waals surface area contributed by atoms with Crippen LogP contribution in [0.4, 0.5) is 8.78 Å². The minimum Gasteiger partial charge on any atom is -0.480 e. The smallest absolute Gasteiger partial charge is 0.255 e. The van der Waals surface area contributed by atoms with Gasteiger partial charge in [-0.3, -0.25) is 9.59 Å². The monoisotopic (exact) mass is 533 g/mol. The average molecular weight is 534 g/mol. The maximum Gasteiger partial charge on any atom is 0.255 e. The number of nitrogens with zero attached hydrogens (tertiary/aromatic N) is 1. The van der Waals surface area contributed by atoms with Crippen LogP contribution in [0.1, 0.15) is 53.8 Å². The number of rotatable bonds is 6. The molecule has 2 heterocycles. The Labute approximate surface area is 224 Å². The Kier molecular flexibility index (Phi) is 6.84. The molecule has 2 aromatic carbocycles. The predicted octanol–water partition coefficient (Wildman–Crippen LogP) is 6.12. The number of hydrogen-bond acceptors (Lipinski definition) is 5. The highest BCUT2D eigenvalue weighted by Crippen LogP contribution is 2.57. The van der Waals surface area contributed by atoms with Gasteiger partial charge in [0.2, 0.25) is 11.6 Å². The summed E-state index contributed by atoms with van der Waals surface area (Å²) >= 11 is 0. The molecule has 0 unspecified atom stereocenters. The molecule has 2 bridgehead atoms. The molecule has 2 N–H and O–H groups in total. The Morgan fingerprint density at radius 2 is 1.67 bits per heavy atom. The molecule has 39 heavy (non-hydrogen) atoms. The highest BCUT2D eigenvalue weighted by molar-refractivity contribution is 6.11. The van der Waals surface area contributed by atoms with Crippen LogP contribution < -0.4 is 15.4 Å². The van der Waals surface area contributed by atoms with E-state index in [0.717, 1.165) is 19.3 Å². The van der Waals surface area contributed by atoms with Crippen molar-refractivity contribution < 1.29 is 27.5 Å². The van der Waals surface area contributed by atoms with Gasteiger partial charge >= 0.3 is 0 Å². The number of carbonyl (C=O) groups excluding carboxylic acids is 2. The van der Waals surface area contributed by atoms with E-state index in [4.69, 9.17) is 9.15 Å². The van der Waals surface area contributed by atoms with E-state index in [1.54, 1.807) is 6.07 Å². The first-order chi connectivity index (χ1) is 18.8. The number of carbonyl (C=O) groups is 2. The molecule has 3 aliphatic rings. The zero-order valence-corrected chi connectivity index (χ0v) is 22.2. The molecule has 7 rings (SSSR count). The van der Waals surface area contributed by atoms with Crippen molar-refractivity contribution in [1.29, 1.82) is 0 Å². The van der Waals surface area contributed by atoms with Gasteiger partial charge in [0.25, 0.3) is 11.8 Å². The summed E-state index contributed by atoms with van der Waals surface area (Å²) in [6.45, 7) is 4.00. The number of hydrogen-bond donors (Lipinski definition) is 2. The molecule has 3 aliphatic carbocycles. The van der Waals surface area contributed by atoms with Crippen molar-refractivity contribution in [1.82, 2.24) is 15.6 Å². The molecule has 0 radical (unpaired) electrons. The van der Waals surface area contributed by atoms with Gasteiger partial charge in [-0.25, -0.2) is 8.78 Å². The summed E-state index contributed by atoms with van der Waals surface area (Å²) in [7, 11) is 2.92. The number of furan rings is 1. The van der Waals surface area contributed by atoms with E-state index in [1.807, 2.05) is 13.8 Å². The zero-order chi connectivity index (χ0) is 27.9. The van der Waals surface area contributed by atoms with Gasteiger partial charge in [0.15, 0.2) is 0 Å². The van der Waals surface area contributed by atoms with Gasteiger partial charge < -0.3 is 19.8 Å². The molecular weight excluding hydrogens is 504 g/mol. The minimum absolute atomic E-state index is 0.0740. The number of benzene rings is 2. The van der Waals surface area contributed by atoms with E-state index in [1.165, 1.54) is 56.6 Å². The first kappa shape index (κ1) is 26.3. The molecule has 2 aromatic heterocycles. The summed E-state index contributed by atoms with van der Waals surface area (Å²) in [6, 6.07) is 11.4. The molecular formula is C30H29F2N3O4. The Bertz CT molecular complexity index is 1560. The van der Waals surface area contributed by atoms with Crippen LogP contribution in [-0.2, 0) is 0 Å². The molecule has 202 valence electrons. The minimum atomic E-state index is -0.631. The molecule has 3 fully saturated rings. The van der Waals surface area contributed by atoms with Crippen molar-refractivity contribution >= 4 is 22.9 Å². The van der Waals surface area contributed by atoms with Crippen molar-refractivity contribution in [2.45, 2.75) is 38.6 Å². The van der Waals surface area contributed by atoms with E-state index >= 15 is 0 Å². The van der Waals surface area contributed by atoms with Crippen molar-refractivity contribution in [3.8, 4) is 28.3 Å². The van der Waals surface area contributed by atoms with Gasteiger partial charge in [-0.1, -0.05) is 19.9 Å². The topological polar surface area (TPSA) is 93.5 Å². The van der Waals surface area contributed by atoms with Crippen LogP contribution in [0.2, 0.25) is 0 Å². The first-order valence-corrected chi connectivity index (χ1v) is 12.9. The Morgan fingerprint density at radius 1 is 1.00 bits per heavy atom. The number of pyridine rings is 1. The van der Waals surface area contributed by atoms with Gasteiger partial charge in [0.05, 0.1) is 23.6 Å². The van der Waals surface area contributed by atoms with Crippen LogP contribution in [0.5, 0.6) is 5.88 Å². The molecule has 0 spiro atoms. The molecule has 4 aromatic rings. The van der Waals surface area contributed by atoms with E-state index in [9.17, 15) is 18.4 Å². The quantitative estimate of drug-likeness (QED) is 0.312. The van der Waals surface area contributed by atoms with Crippen molar-refractivity contribution in [3.63, 3.8) is 0 Å². The van der Waals surface area contributed by atoms with Crippen LogP contribution in [0.25, 0.3) is 33.6 Å². The first-order valence-electron chi connectivity index (χ1n) is 12.9. The number of nitrogens with one attached hydrogen (secondary N) is 2. The summed E-state index contributed by atoms with van der Waals surface area (Å²) in [5, 5.41) is 5.98. The van der Waals surface area contributed by atoms with Crippen molar-refractivity contribution in [3.05, 3.63) is 71.3 Å². The van der Waals surface area contributed by atoms with Crippen LogP contribution >= 0.6 is 0 Å². The maximum atomic E-state index is 14.7. The van der Waals surface area contributed by atoms with Gasteiger partial charge in [0, 0.05) is 23.7 Å². The summed E-state index contributed by atoms with van der Waals surface area (Å²) in [5.74, 6) is -0.871. The third-order valence-corrected chi connectivity index (χ3v) is 7.34. The third kappa shape index (κ3) is 4.51. The Hall–Kier alpha value is -4.27. The highest BCUT2D eigenvalue weighted by atomic mass is 19.1. The fourth-order valence-electron chi connectivity index (χ4n) is 5.33. The molecule has 0 atom stereocenters. The van der Waals surface area contributed by atoms with Gasteiger partial charge in [-0.15, -0.1) is 0 Å². The van der Waals surface area contributed by atoms with Crippen LogP contribution in [0.15, 0.2) is 52.9 Å². The van der Waals surface area contributed by atoms with Crippen LogP contribution in [-0.4, -0.2) is 36.5 Å². The fourth-order valence-corrected chi connectivity index (χ4v) is 5.33. The van der Waals surface area contributed by atoms with Crippen LogP contribution in [0, 0.1) is 17.6 Å². The van der Waals surface area contributed by atoms with E-state index in [-0.39, 0.29) is 34.0 Å². The lowest BCUT2D eigenvalue weighted by Crippen LogP contribution is -2.68. The zero-order valence-electron chi connectivity index (χ0n) is 22.2. The molecule has 0 aliphatic heterocycles. The number of methoxy groups -OCH3 is 1. The molecule has 9 heteroatoms. The van der Waals surface area contributed by atoms with E-state index in [2.05, 4.69) is 15.6 Å². The average Bonchev–Trinajstić information content (AvgIpc) is 3.29. The van der Waals surface area contributed by atoms with Crippen LogP contribution in [0.3, 0.4) is 0 Å². The number of amides is 2. The fraction of sp³-hybridized carbons (Fsp3) is 0.300. The van der Waals surface area contributed by atoms with Gasteiger partial charge in [-0.05, 0) is 73.2 Å². The Morgan fingerprint density at radius 3 is 2.26 bits per heavy atom. The summed E-state index contributed by atoms with van der Waals surface area (Å²) < 4.78 is 39.7. The predicted molar refractivity (Wildman–Crippen MR) is 144 cm³/mol. The lowest BCUT2D eigenvalue weighted by Gasteiger charge is -2.61. The third-order valence-electron chi connectivity index (χ3n) is 7.34.